The minimum atomic E-state index is -2.62. The number of hydrogen-bond donors (Lipinski definition) is 1. The minimum absolute atomic E-state index is 0.0455. The van der Waals surface area contributed by atoms with Crippen molar-refractivity contribution in [3.8, 4) is 0 Å². The summed E-state index contributed by atoms with van der Waals surface area (Å²) in [5.74, 6) is -2.62. The predicted octanol–water partition coefficient (Wildman–Crippen LogP) is 3.16. The molecule has 1 saturated heterocycles. The molecule has 0 saturated carbocycles. The molecule has 1 aliphatic heterocycles. The summed E-state index contributed by atoms with van der Waals surface area (Å²) < 4.78 is 26.5. The van der Waals surface area contributed by atoms with E-state index in [0.29, 0.717) is 29.4 Å². The van der Waals surface area contributed by atoms with Crippen LogP contribution in [0.15, 0.2) is 18.2 Å². The Kier molecular flexibility index (Phi) is 2.93. The Morgan fingerprint density at radius 1 is 1.38 bits per heavy atom. The number of rotatable bonds is 1. The van der Waals surface area contributed by atoms with Crippen molar-refractivity contribution in [3.63, 3.8) is 0 Å². The standard InChI is InChI=1S/C11H13ClF2N2/c12-9-6-8(15)2-3-10(9)16-5-1-4-11(13,14)7-16/h2-3,6H,1,4-5,7,15H2. The summed E-state index contributed by atoms with van der Waals surface area (Å²) in [7, 11) is 0. The molecule has 88 valence electrons. The molecule has 0 atom stereocenters. The third-order valence-corrected chi connectivity index (χ3v) is 3.01. The van der Waals surface area contributed by atoms with E-state index < -0.39 is 5.92 Å². The molecule has 5 heteroatoms. The molecule has 1 aliphatic rings. The Hall–Kier alpha value is -1.03. The van der Waals surface area contributed by atoms with Gasteiger partial charge in [0.15, 0.2) is 0 Å². The van der Waals surface area contributed by atoms with Crippen molar-refractivity contribution in [2.75, 3.05) is 23.7 Å². The molecule has 1 aromatic rings. The molecule has 0 spiro atoms. The lowest BCUT2D eigenvalue weighted by Crippen LogP contribution is -2.42. The van der Waals surface area contributed by atoms with Gasteiger partial charge in [-0.05, 0) is 24.6 Å². The molecule has 0 amide bonds. The predicted molar refractivity (Wildman–Crippen MR) is 62.3 cm³/mol. The molecule has 0 radical (unpaired) electrons. The molecule has 1 aromatic carbocycles. The van der Waals surface area contributed by atoms with Gasteiger partial charge in [0, 0.05) is 18.7 Å². The van der Waals surface area contributed by atoms with Gasteiger partial charge in [-0.1, -0.05) is 11.6 Å². The summed E-state index contributed by atoms with van der Waals surface area (Å²) in [6.07, 6.45) is 0.434. The van der Waals surface area contributed by atoms with Crippen LogP contribution in [0.25, 0.3) is 0 Å². The van der Waals surface area contributed by atoms with Gasteiger partial charge in [0.2, 0.25) is 0 Å². The summed E-state index contributed by atoms with van der Waals surface area (Å²) in [4.78, 5) is 1.62. The van der Waals surface area contributed by atoms with Crippen LogP contribution in [-0.2, 0) is 0 Å². The van der Waals surface area contributed by atoms with Crippen LogP contribution in [0.3, 0.4) is 0 Å². The van der Waals surface area contributed by atoms with Crippen LogP contribution >= 0.6 is 11.6 Å². The molecular formula is C11H13ClF2N2. The number of hydrogen-bond acceptors (Lipinski definition) is 2. The molecule has 1 fully saturated rings. The highest BCUT2D eigenvalue weighted by molar-refractivity contribution is 6.33. The highest BCUT2D eigenvalue weighted by Crippen LogP contribution is 2.34. The second kappa shape index (κ2) is 4.09. The highest BCUT2D eigenvalue weighted by Gasteiger charge is 2.35. The van der Waals surface area contributed by atoms with E-state index in [4.69, 9.17) is 17.3 Å². The SMILES string of the molecule is Nc1ccc(N2CCCC(F)(F)C2)c(Cl)c1. The smallest absolute Gasteiger partial charge is 0.265 e. The Morgan fingerprint density at radius 3 is 2.75 bits per heavy atom. The Bertz CT molecular complexity index is 396. The van der Waals surface area contributed by atoms with Gasteiger partial charge in [0.1, 0.15) is 0 Å². The number of nitrogens with two attached hydrogens (primary N) is 1. The number of halogens is 3. The largest absolute Gasteiger partial charge is 0.399 e. The third kappa shape index (κ3) is 2.38. The first-order chi connectivity index (χ1) is 7.48. The van der Waals surface area contributed by atoms with E-state index in [0.717, 1.165) is 0 Å². The van der Waals surface area contributed by atoms with Crippen molar-refractivity contribution in [2.24, 2.45) is 0 Å². The molecule has 0 bridgehead atoms. The Labute approximate surface area is 98.0 Å². The summed E-state index contributed by atoms with van der Waals surface area (Å²) in [6.45, 7) is 0.343. The third-order valence-electron chi connectivity index (χ3n) is 2.71. The first-order valence-corrected chi connectivity index (χ1v) is 5.53. The highest BCUT2D eigenvalue weighted by atomic mass is 35.5. The second-order valence-corrected chi connectivity index (χ2v) is 4.50. The van der Waals surface area contributed by atoms with Crippen LogP contribution in [-0.4, -0.2) is 19.0 Å². The molecule has 0 aromatic heterocycles. The van der Waals surface area contributed by atoms with Gasteiger partial charge in [-0.3, -0.25) is 0 Å². The fraction of sp³-hybridized carbons (Fsp3) is 0.455. The van der Waals surface area contributed by atoms with Gasteiger partial charge >= 0.3 is 0 Å². The van der Waals surface area contributed by atoms with E-state index in [1.807, 2.05) is 0 Å². The average Bonchev–Trinajstić information content (AvgIpc) is 2.15. The summed E-state index contributed by atoms with van der Waals surface area (Å²) in [5.41, 5.74) is 6.73. The fourth-order valence-corrected chi connectivity index (χ4v) is 2.26. The van der Waals surface area contributed by atoms with E-state index >= 15 is 0 Å². The molecule has 16 heavy (non-hydrogen) atoms. The van der Waals surface area contributed by atoms with E-state index in [1.165, 1.54) is 0 Å². The van der Waals surface area contributed by atoms with Crippen LogP contribution in [0, 0.1) is 0 Å². The number of alkyl halides is 2. The van der Waals surface area contributed by atoms with Crippen molar-refractivity contribution < 1.29 is 8.78 Å². The van der Waals surface area contributed by atoms with Crippen molar-refractivity contribution in [3.05, 3.63) is 23.2 Å². The molecule has 1 heterocycles. The first kappa shape index (κ1) is 11.5. The van der Waals surface area contributed by atoms with Crippen LogP contribution in [0.4, 0.5) is 20.2 Å². The second-order valence-electron chi connectivity index (χ2n) is 4.09. The van der Waals surface area contributed by atoms with Gasteiger partial charge in [-0.25, -0.2) is 8.78 Å². The van der Waals surface area contributed by atoms with Gasteiger partial charge in [-0.2, -0.15) is 0 Å². The fourth-order valence-electron chi connectivity index (χ4n) is 1.95. The molecular weight excluding hydrogens is 234 g/mol. The molecule has 0 aliphatic carbocycles. The van der Waals surface area contributed by atoms with Crippen molar-refractivity contribution in [1.82, 2.24) is 0 Å². The van der Waals surface area contributed by atoms with Gasteiger partial charge in [-0.15, -0.1) is 0 Å². The maximum Gasteiger partial charge on any atom is 0.265 e. The topological polar surface area (TPSA) is 29.3 Å². The van der Waals surface area contributed by atoms with Crippen LogP contribution in [0.2, 0.25) is 5.02 Å². The van der Waals surface area contributed by atoms with Crippen molar-refractivity contribution >= 4 is 23.0 Å². The maximum atomic E-state index is 13.2. The molecule has 0 unspecified atom stereocenters. The molecule has 2 rings (SSSR count). The van der Waals surface area contributed by atoms with Gasteiger partial charge < -0.3 is 10.6 Å². The van der Waals surface area contributed by atoms with Crippen LogP contribution in [0.1, 0.15) is 12.8 Å². The summed E-state index contributed by atoms with van der Waals surface area (Å²) in [5, 5.41) is 0.428. The number of piperidine rings is 1. The minimum Gasteiger partial charge on any atom is -0.399 e. The molecule has 2 nitrogen and oxygen atoms in total. The zero-order valence-electron chi connectivity index (χ0n) is 8.72. The van der Waals surface area contributed by atoms with Gasteiger partial charge in [0.25, 0.3) is 5.92 Å². The van der Waals surface area contributed by atoms with E-state index in [1.54, 1.807) is 23.1 Å². The number of nitrogen functional groups attached to an aromatic ring is 1. The lowest BCUT2D eigenvalue weighted by Gasteiger charge is -2.34. The Morgan fingerprint density at radius 2 is 2.12 bits per heavy atom. The quantitative estimate of drug-likeness (QED) is 0.772. The normalized spacial score (nSPS) is 19.8. The lowest BCUT2D eigenvalue weighted by molar-refractivity contribution is -0.0116. The van der Waals surface area contributed by atoms with Crippen molar-refractivity contribution in [2.45, 2.75) is 18.8 Å². The van der Waals surface area contributed by atoms with E-state index in [-0.39, 0.29) is 13.0 Å². The monoisotopic (exact) mass is 246 g/mol. The van der Waals surface area contributed by atoms with Crippen LogP contribution < -0.4 is 10.6 Å². The average molecular weight is 247 g/mol. The Balaban J connectivity index is 2.23. The lowest BCUT2D eigenvalue weighted by atomic mass is 10.1. The van der Waals surface area contributed by atoms with Gasteiger partial charge in [0.05, 0.1) is 17.3 Å². The summed E-state index contributed by atoms with van der Waals surface area (Å²) >= 11 is 5.99. The maximum absolute atomic E-state index is 13.2. The summed E-state index contributed by atoms with van der Waals surface area (Å²) in [6, 6.07) is 4.96. The zero-order valence-corrected chi connectivity index (χ0v) is 9.47. The first-order valence-electron chi connectivity index (χ1n) is 5.16. The number of benzene rings is 1. The number of anilines is 2. The molecule has 2 N–H and O–H groups in total. The zero-order chi connectivity index (χ0) is 11.8. The van der Waals surface area contributed by atoms with E-state index in [2.05, 4.69) is 0 Å². The van der Waals surface area contributed by atoms with Crippen LogP contribution in [0.5, 0.6) is 0 Å². The van der Waals surface area contributed by atoms with Crippen molar-refractivity contribution in [1.29, 1.82) is 0 Å². The van der Waals surface area contributed by atoms with E-state index in [9.17, 15) is 8.78 Å². The number of nitrogens with zero attached hydrogens (tertiary/aromatic N) is 1.